The summed E-state index contributed by atoms with van der Waals surface area (Å²) >= 11 is 7.52. The summed E-state index contributed by atoms with van der Waals surface area (Å²) in [6.45, 7) is 2.77. The number of halogens is 4. The number of nitrogens with zero attached hydrogens (tertiary/aromatic N) is 1. The van der Waals surface area contributed by atoms with Crippen molar-refractivity contribution in [2.24, 2.45) is 11.3 Å². The van der Waals surface area contributed by atoms with E-state index in [0.717, 1.165) is 31.1 Å². The van der Waals surface area contributed by atoms with Gasteiger partial charge in [0.15, 0.2) is 0 Å². The first-order valence-electron chi connectivity index (χ1n) is 6.52. The van der Waals surface area contributed by atoms with Gasteiger partial charge in [0, 0.05) is 35.3 Å². The van der Waals surface area contributed by atoms with Gasteiger partial charge < -0.3 is 10.2 Å². The summed E-state index contributed by atoms with van der Waals surface area (Å²) in [5.74, 6) is -3.47. The number of carboxylic acids is 2. The Hall–Kier alpha value is -1.32. The quantitative estimate of drug-likeness (QED) is 0.854. The Labute approximate surface area is 138 Å². The van der Waals surface area contributed by atoms with E-state index in [0.29, 0.717) is 0 Å². The highest BCUT2D eigenvalue weighted by Crippen LogP contribution is 2.58. The minimum atomic E-state index is -5.08. The van der Waals surface area contributed by atoms with Crippen molar-refractivity contribution in [3.63, 3.8) is 0 Å². The first kappa shape index (κ1) is 18.0. The van der Waals surface area contributed by atoms with Gasteiger partial charge >= 0.3 is 18.1 Å². The van der Waals surface area contributed by atoms with Crippen molar-refractivity contribution in [3.8, 4) is 0 Å². The first-order valence-corrected chi connectivity index (χ1v) is 7.77. The summed E-state index contributed by atoms with van der Waals surface area (Å²) in [6.07, 6.45) is -4.22. The molecule has 1 aromatic heterocycles. The van der Waals surface area contributed by atoms with Crippen LogP contribution in [0, 0.1) is 11.3 Å². The van der Waals surface area contributed by atoms with Crippen LogP contribution >= 0.6 is 22.9 Å². The molecule has 1 spiro atoms. The number of likely N-dealkylation sites (tertiary alicyclic amines) is 1. The van der Waals surface area contributed by atoms with Gasteiger partial charge in [0.1, 0.15) is 0 Å². The number of hydrogen-bond acceptors (Lipinski definition) is 4. The third-order valence-corrected chi connectivity index (χ3v) is 5.08. The molecule has 0 aromatic carbocycles. The van der Waals surface area contributed by atoms with E-state index in [1.54, 1.807) is 11.3 Å². The Morgan fingerprint density at radius 1 is 1.39 bits per heavy atom. The van der Waals surface area contributed by atoms with Crippen LogP contribution in [0.15, 0.2) is 11.4 Å². The van der Waals surface area contributed by atoms with E-state index >= 15 is 0 Å². The smallest absolute Gasteiger partial charge is 0.481 e. The highest BCUT2D eigenvalue weighted by molar-refractivity contribution is 7.10. The molecule has 2 aliphatic rings. The number of carboxylic acid groups (broad SMARTS) is 2. The third kappa shape index (κ3) is 4.36. The Kier molecular flexibility index (Phi) is 4.93. The number of thiophene rings is 1. The lowest BCUT2D eigenvalue weighted by Crippen LogP contribution is -2.49. The molecule has 5 nitrogen and oxygen atoms in total. The molecule has 0 bridgehead atoms. The summed E-state index contributed by atoms with van der Waals surface area (Å²) in [5.41, 5.74) is 0.118. The Balaban J connectivity index is 0.000000236. The lowest BCUT2D eigenvalue weighted by molar-refractivity contribution is -0.192. The second kappa shape index (κ2) is 6.29. The summed E-state index contributed by atoms with van der Waals surface area (Å²) in [6, 6.07) is 1.98. The number of alkyl halides is 3. The fourth-order valence-corrected chi connectivity index (χ4v) is 3.77. The zero-order valence-electron chi connectivity index (χ0n) is 11.6. The molecule has 0 radical (unpaired) electrons. The molecule has 0 amide bonds. The van der Waals surface area contributed by atoms with E-state index in [1.165, 1.54) is 4.88 Å². The third-order valence-electron chi connectivity index (χ3n) is 3.81. The summed E-state index contributed by atoms with van der Waals surface area (Å²) in [5, 5.41) is 18.8. The van der Waals surface area contributed by atoms with Gasteiger partial charge in [-0.25, -0.2) is 4.79 Å². The van der Waals surface area contributed by atoms with E-state index in [-0.39, 0.29) is 11.3 Å². The number of rotatable bonds is 3. The zero-order chi connectivity index (χ0) is 17.4. The van der Waals surface area contributed by atoms with Crippen molar-refractivity contribution in [3.05, 3.63) is 21.3 Å². The van der Waals surface area contributed by atoms with Crippen LogP contribution in [0.5, 0.6) is 0 Å². The van der Waals surface area contributed by atoms with Crippen LogP contribution in [-0.2, 0) is 16.1 Å². The monoisotopic (exact) mass is 371 g/mol. The van der Waals surface area contributed by atoms with Crippen LogP contribution in [-0.4, -0.2) is 46.3 Å². The molecule has 1 saturated carbocycles. The van der Waals surface area contributed by atoms with Crippen molar-refractivity contribution in [2.45, 2.75) is 19.1 Å². The van der Waals surface area contributed by atoms with Crippen LogP contribution in [0.3, 0.4) is 0 Å². The SMILES string of the molecule is O=C(O)C(F)(F)F.O=C(O)C1CC12CN(Cc1cc(Cl)cs1)C2. The lowest BCUT2D eigenvalue weighted by atomic mass is 9.93. The van der Waals surface area contributed by atoms with Gasteiger partial charge in [-0.2, -0.15) is 13.2 Å². The topological polar surface area (TPSA) is 77.8 Å². The van der Waals surface area contributed by atoms with Crippen molar-refractivity contribution in [1.82, 2.24) is 4.90 Å². The maximum Gasteiger partial charge on any atom is 0.490 e. The molecule has 2 heterocycles. The Morgan fingerprint density at radius 2 is 1.96 bits per heavy atom. The first-order chi connectivity index (χ1) is 10.5. The van der Waals surface area contributed by atoms with E-state index in [2.05, 4.69) is 4.90 Å². The van der Waals surface area contributed by atoms with E-state index in [4.69, 9.17) is 26.6 Å². The van der Waals surface area contributed by atoms with Crippen LogP contribution in [0.25, 0.3) is 0 Å². The number of aliphatic carboxylic acids is 2. The standard InChI is InChI=1S/C11H12ClNO2S.C2HF3O2/c12-7-1-8(16-4-7)3-13-5-11(6-13)2-9(11)10(14)15;3-2(4,5)1(6)7/h1,4,9H,2-3,5-6H2,(H,14,15);(H,6,7). The fourth-order valence-electron chi connectivity index (χ4n) is 2.66. The molecule has 1 atom stereocenters. The normalized spacial score (nSPS) is 22.0. The van der Waals surface area contributed by atoms with Gasteiger partial charge in [-0.15, -0.1) is 11.3 Å². The molecule has 128 valence electrons. The summed E-state index contributed by atoms with van der Waals surface area (Å²) < 4.78 is 31.7. The van der Waals surface area contributed by atoms with Gasteiger partial charge in [-0.3, -0.25) is 9.69 Å². The molecule has 3 rings (SSSR count). The number of hydrogen-bond donors (Lipinski definition) is 2. The maximum atomic E-state index is 10.8. The molecule has 1 aliphatic heterocycles. The highest BCUT2D eigenvalue weighted by Gasteiger charge is 2.64. The number of carbonyl (C=O) groups is 2. The molecule has 10 heteroatoms. The van der Waals surface area contributed by atoms with Crippen LogP contribution in [0.1, 0.15) is 11.3 Å². The van der Waals surface area contributed by atoms with Crippen molar-refractivity contribution < 1.29 is 33.0 Å². The van der Waals surface area contributed by atoms with Gasteiger partial charge in [0.25, 0.3) is 0 Å². The van der Waals surface area contributed by atoms with Crippen LogP contribution in [0.2, 0.25) is 5.02 Å². The second-order valence-corrected chi connectivity index (χ2v) is 7.07. The average molecular weight is 372 g/mol. The lowest BCUT2D eigenvalue weighted by Gasteiger charge is -2.40. The predicted octanol–water partition coefficient (Wildman–Crippen LogP) is 2.94. The molecular formula is C13H13ClF3NO4S. The molecule has 2 N–H and O–H groups in total. The molecule has 2 fully saturated rings. The highest BCUT2D eigenvalue weighted by atomic mass is 35.5. The summed E-state index contributed by atoms with van der Waals surface area (Å²) in [7, 11) is 0. The van der Waals surface area contributed by atoms with Gasteiger partial charge in [-0.05, 0) is 12.5 Å². The fraction of sp³-hybridized carbons (Fsp3) is 0.538. The molecular weight excluding hydrogens is 359 g/mol. The van der Waals surface area contributed by atoms with Gasteiger partial charge in [-0.1, -0.05) is 11.6 Å². The van der Waals surface area contributed by atoms with E-state index in [9.17, 15) is 18.0 Å². The molecule has 1 aromatic rings. The minimum Gasteiger partial charge on any atom is -0.481 e. The van der Waals surface area contributed by atoms with Crippen molar-refractivity contribution in [2.75, 3.05) is 13.1 Å². The minimum absolute atomic E-state index is 0.0873. The molecule has 1 aliphatic carbocycles. The van der Waals surface area contributed by atoms with Crippen molar-refractivity contribution in [1.29, 1.82) is 0 Å². The second-order valence-electron chi connectivity index (χ2n) is 5.64. The Bertz CT molecular complexity index is 613. The molecule has 1 unspecified atom stereocenters. The van der Waals surface area contributed by atoms with Crippen LogP contribution < -0.4 is 0 Å². The zero-order valence-corrected chi connectivity index (χ0v) is 13.2. The van der Waals surface area contributed by atoms with Gasteiger partial charge in [0.2, 0.25) is 0 Å². The maximum absolute atomic E-state index is 10.8. The van der Waals surface area contributed by atoms with Gasteiger partial charge in [0.05, 0.1) is 10.9 Å². The van der Waals surface area contributed by atoms with Crippen molar-refractivity contribution >= 4 is 34.9 Å². The van der Waals surface area contributed by atoms with Crippen LogP contribution in [0.4, 0.5) is 13.2 Å². The average Bonchev–Trinajstić information content (AvgIpc) is 2.99. The largest absolute Gasteiger partial charge is 0.490 e. The Morgan fingerprint density at radius 3 is 2.30 bits per heavy atom. The predicted molar refractivity (Wildman–Crippen MR) is 76.5 cm³/mol. The van der Waals surface area contributed by atoms with E-state index in [1.807, 2.05) is 11.4 Å². The molecule has 23 heavy (non-hydrogen) atoms. The molecule has 1 saturated heterocycles. The van der Waals surface area contributed by atoms with E-state index < -0.39 is 18.1 Å². The summed E-state index contributed by atoms with van der Waals surface area (Å²) in [4.78, 5) is 23.3.